The number of cyclic esters (lactones) is 1. The monoisotopic (exact) mass is 246 g/mol. The molecule has 0 N–H and O–H groups in total. The zero-order chi connectivity index (χ0) is 13.1. The van der Waals surface area contributed by atoms with Gasteiger partial charge in [0.1, 0.15) is 11.9 Å². The Kier molecular flexibility index (Phi) is 3.70. The van der Waals surface area contributed by atoms with Crippen molar-refractivity contribution >= 4 is 5.97 Å². The van der Waals surface area contributed by atoms with Crippen molar-refractivity contribution in [1.29, 1.82) is 0 Å². The average Bonchev–Trinajstić information content (AvgIpc) is 2.38. The number of benzene rings is 1. The standard InChI is InChI=1S/C15H18O3/c1-10-7-8-12(9-14(10)17-3)11(2)13-5-4-6-15(16)18-13/h4,6-9,11,13H,5H2,1-3H3/t11-,13-/m1/s1. The Balaban J connectivity index is 2.20. The first kappa shape index (κ1) is 12.7. The van der Waals surface area contributed by atoms with Gasteiger partial charge in [-0.1, -0.05) is 25.1 Å². The highest BCUT2D eigenvalue weighted by Crippen LogP contribution is 2.30. The second kappa shape index (κ2) is 5.25. The molecule has 1 aromatic carbocycles. The van der Waals surface area contributed by atoms with Gasteiger partial charge in [0.2, 0.25) is 0 Å². The molecule has 1 aliphatic rings. The largest absolute Gasteiger partial charge is 0.496 e. The van der Waals surface area contributed by atoms with Crippen molar-refractivity contribution in [2.45, 2.75) is 32.3 Å². The molecule has 2 atom stereocenters. The molecular weight excluding hydrogens is 228 g/mol. The third-order valence-electron chi connectivity index (χ3n) is 3.41. The van der Waals surface area contributed by atoms with E-state index < -0.39 is 0 Å². The molecule has 2 rings (SSSR count). The van der Waals surface area contributed by atoms with Crippen molar-refractivity contribution in [3.05, 3.63) is 41.5 Å². The van der Waals surface area contributed by atoms with Gasteiger partial charge in [-0.3, -0.25) is 0 Å². The summed E-state index contributed by atoms with van der Waals surface area (Å²) in [7, 11) is 1.67. The summed E-state index contributed by atoms with van der Waals surface area (Å²) in [6.45, 7) is 4.08. The number of hydrogen-bond donors (Lipinski definition) is 0. The maximum atomic E-state index is 11.3. The quantitative estimate of drug-likeness (QED) is 0.769. The van der Waals surface area contributed by atoms with E-state index in [1.807, 2.05) is 25.1 Å². The topological polar surface area (TPSA) is 35.5 Å². The van der Waals surface area contributed by atoms with Gasteiger partial charge < -0.3 is 9.47 Å². The van der Waals surface area contributed by atoms with E-state index in [0.717, 1.165) is 23.3 Å². The number of methoxy groups -OCH3 is 1. The molecular formula is C15H18O3. The van der Waals surface area contributed by atoms with Gasteiger partial charge in [0.05, 0.1) is 7.11 Å². The molecule has 3 heteroatoms. The molecule has 1 heterocycles. The summed E-state index contributed by atoms with van der Waals surface area (Å²) in [5.41, 5.74) is 2.24. The fraction of sp³-hybridized carbons (Fsp3) is 0.400. The van der Waals surface area contributed by atoms with Crippen LogP contribution in [-0.2, 0) is 9.53 Å². The van der Waals surface area contributed by atoms with Gasteiger partial charge in [-0.15, -0.1) is 0 Å². The fourth-order valence-electron chi connectivity index (χ4n) is 2.18. The summed E-state index contributed by atoms with van der Waals surface area (Å²) in [6, 6.07) is 6.12. The molecule has 0 saturated carbocycles. The highest BCUT2D eigenvalue weighted by molar-refractivity contribution is 5.82. The van der Waals surface area contributed by atoms with Gasteiger partial charge in [-0.2, -0.15) is 0 Å². The van der Waals surface area contributed by atoms with E-state index in [2.05, 4.69) is 13.0 Å². The first-order chi connectivity index (χ1) is 8.61. The first-order valence-corrected chi connectivity index (χ1v) is 6.13. The van der Waals surface area contributed by atoms with Crippen molar-refractivity contribution in [3.8, 4) is 5.75 Å². The van der Waals surface area contributed by atoms with Crippen LogP contribution in [0.25, 0.3) is 0 Å². The summed E-state index contributed by atoms with van der Waals surface area (Å²) in [6.07, 6.45) is 4.04. The summed E-state index contributed by atoms with van der Waals surface area (Å²) >= 11 is 0. The van der Waals surface area contributed by atoms with Gasteiger partial charge in [0.15, 0.2) is 0 Å². The van der Waals surface area contributed by atoms with Crippen LogP contribution in [0, 0.1) is 6.92 Å². The third kappa shape index (κ3) is 2.55. The Morgan fingerprint density at radius 1 is 1.44 bits per heavy atom. The van der Waals surface area contributed by atoms with Crippen LogP contribution in [0.15, 0.2) is 30.4 Å². The smallest absolute Gasteiger partial charge is 0.330 e. The van der Waals surface area contributed by atoms with Gasteiger partial charge in [-0.05, 0) is 24.1 Å². The highest BCUT2D eigenvalue weighted by Gasteiger charge is 2.24. The van der Waals surface area contributed by atoms with E-state index in [1.165, 1.54) is 6.08 Å². The molecule has 0 bridgehead atoms. The van der Waals surface area contributed by atoms with Gasteiger partial charge in [-0.25, -0.2) is 4.79 Å². The molecule has 0 radical (unpaired) electrons. The molecule has 0 amide bonds. The number of hydrogen-bond acceptors (Lipinski definition) is 3. The lowest BCUT2D eigenvalue weighted by atomic mass is 9.91. The zero-order valence-electron chi connectivity index (χ0n) is 11.0. The minimum absolute atomic E-state index is 0.0880. The summed E-state index contributed by atoms with van der Waals surface area (Å²) < 4.78 is 10.7. The maximum absolute atomic E-state index is 11.3. The van der Waals surface area contributed by atoms with E-state index in [0.29, 0.717) is 0 Å². The molecule has 0 aliphatic carbocycles. The minimum Gasteiger partial charge on any atom is -0.496 e. The lowest BCUT2D eigenvalue weighted by Crippen LogP contribution is -2.25. The number of ether oxygens (including phenoxy) is 2. The number of rotatable bonds is 3. The molecule has 0 saturated heterocycles. The zero-order valence-corrected chi connectivity index (χ0v) is 11.0. The van der Waals surface area contributed by atoms with Crippen molar-refractivity contribution in [3.63, 3.8) is 0 Å². The predicted molar refractivity (Wildman–Crippen MR) is 69.8 cm³/mol. The van der Waals surface area contributed by atoms with Gasteiger partial charge in [0, 0.05) is 18.4 Å². The molecule has 96 valence electrons. The second-order valence-corrected chi connectivity index (χ2v) is 4.63. The Morgan fingerprint density at radius 2 is 2.22 bits per heavy atom. The van der Waals surface area contributed by atoms with Crippen LogP contribution in [-0.4, -0.2) is 19.2 Å². The van der Waals surface area contributed by atoms with Gasteiger partial charge >= 0.3 is 5.97 Å². The molecule has 0 unspecified atom stereocenters. The van der Waals surface area contributed by atoms with E-state index in [1.54, 1.807) is 7.11 Å². The lowest BCUT2D eigenvalue weighted by Gasteiger charge is -2.25. The molecule has 1 aliphatic heterocycles. The Hall–Kier alpha value is -1.77. The molecule has 0 aromatic heterocycles. The van der Waals surface area contributed by atoms with E-state index in [9.17, 15) is 4.79 Å². The predicted octanol–water partition coefficient (Wildman–Crippen LogP) is 2.98. The first-order valence-electron chi connectivity index (χ1n) is 6.13. The van der Waals surface area contributed by atoms with Gasteiger partial charge in [0.25, 0.3) is 0 Å². The fourth-order valence-corrected chi connectivity index (χ4v) is 2.18. The summed E-state index contributed by atoms with van der Waals surface area (Å²) in [5.74, 6) is 0.780. The van der Waals surface area contributed by atoms with Crippen molar-refractivity contribution < 1.29 is 14.3 Å². The summed E-state index contributed by atoms with van der Waals surface area (Å²) in [5, 5.41) is 0. The van der Waals surface area contributed by atoms with Crippen LogP contribution < -0.4 is 4.74 Å². The van der Waals surface area contributed by atoms with E-state index >= 15 is 0 Å². The highest BCUT2D eigenvalue weighted by atomic mass is 16.5. The number of esters is 1. The Bertz CT molecular complexity index is 477. The molecule has 0 fully saturated rings. The third-order valence-corrected chi connectivity index (χ3v) is 3.41. The molecule has 1 aromatic rings. The average molecular weight is 246 g/mol. The van der Waals surface area contributed by atoms with E-state index in [-0.39, 0.29) is 18.0 Å². The molecule has 3 nitrogen and oxygen atoms in total. The van der Waals surface area contributed by atoms with Crippen LogP contribution in [0.1, 0.15) is 30.4 Å². The van der Waals surface area contributed by atoms with Crippen molar-refractivity contribution in [2.24, 2.45) is 0 Å². The lowest BCUT2D eigenvalue weighted by molar-refractivity contribution is -0.145. The van der Waals surface area contributed by atoms with Crippen LogP contribution in [0.3, 0.4) is 0 Å². The van der Waals surface area contributed by atoms with Crippen LogP contribution in [0.2, 0.25) is 0 Å². The number of carbonyl (C=O) groups is 1. The summed E-state index contributed by atoms with van der Waals surface area (Å²) in [4.78, 5) is 11.3. The second-order valence-electron chi connectivity index (χ2n) is 4.63. The number of carbonyl (C=O) groups excluding carboxylic acids is 1. The molecule has 18 heavy (non-hydrogen) atoms. The van der Waals surface area contributed by atoms with Crippen LogP contribution in [0.5, 0.6) is 5.75 Å². The van der Waals surface area contributed by atoms with Crippen LogP contribution in [0.4, 0.5) is 0 Å². The SMILES string of the molecule is COc1cc([C@@H](C)[C@H]2CC=CC(=O)O2)ccc1C. The van der Waals surface area contributed by atoms with Crippen molar-refractivity contribution in [1.82, 2.24) is 0 Å². The van der Waals surface area contributed by atoms with Crippen LogP contribution >= 0.6 is 0 Å². The minimum atomic E-state index is -0.253. The van der Waals surface area contributed by atoms with E-state index in [4.69, 9.17) is 9.47 Å². The normalized spacial score (nSPS) is 20.4. The molecule has 0 spiro atoms. The Labute approximate surface area is 107 Å². The van der Waals surface area contributed by atoms with Crippen molar-refractivity contribution in [2.75, 3.05) is 7.11 Å². The number of aryl methyl sites for hydroxylation is 1. The Morgan fingerprint density at radius 3 is 2.89 bits per heavy atom. The maximum Gasteiger partial charge on any atom is 0.330 e.